The van der Waals surface area contributed by atoms with Crippen molar-refractivity contribution in [1.82, 2.24) is 5.32 Å². The standard InChI is InChI=1S/C14H18N2O6/c1-8(2)12(13(17)15-9(3)14(18)19)22-11-7-5-4-6-10(11)16(20)21/h4-9,12H,1-3H3,(H,15,17)(H,18,19). The number of carbonyl (C=O) groups excluding carboxylic acids is 1. The number of carboxylic acids is 1. The Morgan fingerprint density at radius 3 is 2.36 bits per heavy atom. The van der Waals surface area contributed by atoms with Crippen LogP contribution in [0.2, 0.25) is 0 Å². The molecular weight excluding hydrogens is 292 g/mol. The van der Waals surface area contributed by atoms with Gasteiger partial charge in [-0.2, -0.15) is 0 Å². The lowest BCUT2D eigenvalue weighted by atomic mass is 10.1. The smallest absolute Gasteiger partial charge is 0.325 e. The van der Waals surface area contributed by atoms with E-state index in [4.69, 9.17) is 9.84 Å². The van der Waals surface area contributed by atoms with Gasteiger partial charge in [0.25, 0.3) is 5.91 Å². The molecule has 0 saturated carbocycles. The predicted molar refractivity (Wildman–Crippen MR) is 77.6 cm³/mol. The number of carbonyl (C=O) groups is 2. The molecule has 0 fully saturated rings. The van der Waals surface area contributed by atoms with E-state index in [1.54, 1.807) is 19.9 Å². The first-order valence-corrected chi connectivity index (χ1v) is 6.67. The predicted octanol–water partition coefficient (Wildman–Crippen LogP) is 1.59. The number of ether oxygens (including phenoxy) is 1. The highest BCUT2D eigenvalue weighted by Crippen LogP contribution is 2.28. The Morgan fingerprint density at radius 1 is 1.27 bits per heavy atom. The Hall–Kier alpha value is -2.64. The van der Waals surface area contributed by atoms with Crippen LogP contribution in [-0.4, -0.2) is 34.1 Å². The second-order valence-electron chi connectivity index (χ2n) is 5.08. The zero-order chi connectivity index (χ0) is 16.9. The molecule has 1 amide bonds. The minimum absolute atomic E-state index is 0.0377. The summed E-state index contributed by atoms with van der Waals surface area (Å²) in [7, 11) is 0. The molecule has 2 unspecified atom stereocenters. The number of nitro benzene ring substituents is 1. The van der Waals surface area contributed by atoms with E-state index in [9.17, 15) is 19.7 Å². The van der Waals surface area contributed by atoms with Crippen LogP contribution in [0.5, 0.6) is 5.75 Å². The number of hydrogen-bond donors (Lipinski definition) is 2. The minimum atomic E-state index is -1.18. The second-order valence-corrected chi connectivity index (χ2v) is 5.08. The molecule has 1 aromatic carbocycles. The summed E-state index contributed by atoms with van der Waals surface area (Å²) in [5.41, 5.74) is -0.257. The van der Waals surface area contributed by atoms with Gasteiger partial charge in [0.05, 0.1) is 4.92 Å². The van der Waals surface area contributed by atoms with E-state index in [-0.39, 0.29) is 17.4 Å². The zero-order valence-corrected chi connectivity index (χ0v) is 12.5. The number of amides is 1. The topological polar surface area (TPSA) is 119 Å². The molecule has 0 aliphatic carbocycles. The van der Waals surface area contributed by atoms with Crippen LogP contribution in [0.25, 0.3) is 0 Å². The van der Waals surface area contributed by atoms with Crippen molar-refractivity contribution in [2.45, 2.75) is 32.9 Å². The molecule has 0 aliphatic rings. The number of nitrogens with one attached hydrogen (secondary N) is 1. The van der Waals surface area contributed by atoms with Crippen molar-refractivity contribution in [2.24, 2.45) is 5.92 Å². The SMILES string of the molecule is CC(NC(=O)C(Oc1ccccc1[N+](=O)[O-])C(C)C)C(=O)O. The highest BCUT2D eigenvalue weighted by Gasteiger charge is 2.29. The van der Waals surface area contributed by atoms with E-state index in [1.165, 1.54) is 25.1 Å². The zero-order valence-electron chi connectivity index (χ0n) is 12.5. The van der Waals surface area contributed by atoms with Gasteiger partial charge in [0.1, 0.15) is 6.04 Å². The maximum atomic E-state index is 12.1. The lowest BCUT2D eigenvalue weighted by Crippen LogP contribution is -2.47. The fraction of sp³-hybridized carbons (Fsp3) is 0.429. The molecule has 1 aromatic rings. The second kappa shape index (κ2) is 7.39. The summed E-state index contributed by atoms with van der Waals surface area (Å²) in [6, 6.07) is 4.62. The van der Waals surface area contributed by atoms with Crippen LogP contribution in [0.1, 0.15) is 20.8 Å². The summed E-state index contributed by atoms with van der Waals surface area (Å²) in [5.74, 6) is -2.16. The highest BCUT2D eigenvalue weighted by atomic mass is 16.6. The van der Waals surface area contributed by atoms with Crippen LogP contribution in [0.4, 0.5) is 5.69 Å². The van der Waals surface area contributed by atoms with Crippen molar-refractivity contribution in [3.05, 3.63) is 34.4 Å². The van der Waals surface area contributed by atoms with Crippen LogP contribution < -0.4 is 10.1 Å². The first kappa shape index (κ1) is 17.4. The van der Waals surface area contributed by atoms with Crippen LogP contribution in [0.3, 0.4) is 0 Å². The molecule has 2 atom stereocenters. The van der Waals surface area contributed by atoms with E-state index < -0.39 is 28.9 Å². The quantitative estimate of drug-likeness (QED) is 0.583. The first-order chi connectivity index (χ1) is 10.2. The fourth-order valence-corrected chi connectivity index (χ4v) is 1.69. The van der Waals surface area contributed by atoms with Crippen molar-refractivity contribution in [3.63, 3.8) is 0 Å². The van der Waals surface area contributed by atoms with Crippen molar-refractivity contribution < 1.29 is 24.4 Å². The summed E-state index contributed by atoms with van der Waals surface area (Å²) in [4.78, 5) is 33.3. The van der Waals surface area contributed by atoms with Crippen molar-refractivity contribution in [1.29, 1.82) is 0 Å². The van der Waals surface area contributed by atoms with E-state index in [1.807, 2.05) is 0 Å². The molecule has 0 bridgehead atoms. The van der Waals surface area contributed by atoms with Gasteiger partial charge >= 0.3 is 11.7 Å². The Kier molecular flexibility index (Phi) is 5.85. The van der Waals surface area contributed by atoms with Gasteiger partial charge in [0, 0.05) is 6.07 Å². The lowest BCUT2D eigenvalue weighted by molar-refractivity contribution is -0.386. The number of rotatable bonds is 7. The van der Waals surface area contributed by atoms with Gasteiger partial charge in [0.15, 0.2) is 11.9 Å². The Balaban J connectivity index is 2.96. The van der Waals surface area contributed by atoms with Gasteiger partial charge in [-0.3, -0.25) is 19.7 Å². The average molecular weight is 310 g/mol. The molecular formula is C14H18N2O6. The number of hydrogen-bond acceptors (Lipinski definition) is 5. The fourth-order valence-electron chi connectivity index (χ4n) is 1.69. The number of benzene rings is 1. The number of nitrogens with zero attached hydrogens (tertiary/aromatic N) is 1. The molecule has 1 rings (SSSR count). The lowest BCUT2D eigenvalue weighted by Gasteiger charge is -2.22. The van der Waals surface area contributed by atoms with Gasteiger partial charge in [0.2, 0.25) is 0 Å². The van der Waals surface area contributed by atoms with E-state index in [0.717, 1.165) is 0 Å². The van der Waals surface area contributed by atoms with Gasteiger partial charge in [-0.1, -0.05) is 26.0 Å². The van der Waals surface area contributed by atoms with Crippen molar-refractivity contribution in [2.75, 3.05) is 0 Å². The van der Waals surface area contributed by atoms with Crippen molar-refractivity contribution >= 4 is 17.6 Å². The Bertz CT molecular complexity index is 572. The van der Waals surface area contributed by atoms with Gasteiger partial charge in [-0.05, 0) is 18.9 Å². The number of nitro groups is 1. The Morgan fingerprint density at radius 2 is 1.86 bits per heavy atom. The van der Waals surface area contributed by atoms with Gasteiger partial charge in [-0.15, -0.1) is 0 Å². The third-order valence-electron chi connectivity index (χ3n) is 2.91. The molecule has 0 saturated heterocycles. The van der Waals surface area contributed by atoms with Gasteiger partial charge < -0.3 is 15.2 Å². The van der Waals surface area contributed by atoms with Gasteiger partial charge in [-0.25, -0.2) is 0 Å². The molecule has 0 heterocycles. The molecule has 0 aromatic heterocycles. The molecule has 2 N–H and O–H groups in total. The summed E-state index contributed by atoms with van der Waals surface area (Å²) >= 11 is 0. The largest absolute Gasteiger partial charge is 0.480 e. The molecule has 8 heteroatoms. The third-order valence-corrected chi connectivity index (χ3v) is 2.91. The maximum Gasteiger partial charge on any atom is 0.325 e. The molecule has 120 valence electrons. The van der Waals surface area contributed by atoms with E-state index in [2.05, 4.69) is 5.32 Å². The first-order valence-electron chi connectivity index (χ1n) is 6.67. The van der Waals surface area contributed by atoms with Crippen LogP contribution in [0.15, 0.2) is 24.3 Å². The normalized spacial score (nSPS) is 13.3. The van der Waals surface area contributed by atoms with Crippen molar-refractivity contribution in [3.8, 4) is 5.75 Å². The monoisotopic (exact) mass is 310 g/mol. The number of para-hydroxylation sites is 2. The van der Waals surface area contributed by atoms with Crippen LogP contribution in [-0.2, 0) is 9.59 Å². The number of carboxylic acid groups (broad SMARTS) is 1. The Labute approximate surface area is 127 Å². The molecule has 0 radical (unpaired) electrons. The van der Waals surface area contributed by atoms with Crippen LogP contribution in [0, 0.1) is 16.0 Å². The van der Waals surface area contributed by atoms with E-state index >= 15 is 0 Å². The maximum absolute atomic E-state index is 12.1. The van der Waals surface area contributed by atoms with E-state index in [0.29, 0.717) is 0 Å². The third kappa shape index (κ3) is 4.44. The summed E-state index contributed by atoms with van der Waals surface area (Å²) in [6.07, 6.45) is -1.04. The summed E-state index contributed by atoms with van der Waals surface area (Å²) in [5, 5.41) is 22.1. The van der Waals surface area contributed by atoms with Crippen LogP contribution >= 0.6 is 0 Å². The summed E-state index contributed by atoms with van der Waals surface area (Å²) in [6.45, 7) is 4.72. The highest BCUT2D eigenvalue weighted by molar-refractivity contribution is 5.86. The number of aliphatic carboxylic acids is 1. The minimum Gasteiger partial charge on any atom is -0.480 e. The molecule has 0 aliphatic heterocycles. The molecule has 0 spiro atoms. The average Bonchev–Trinajstić information content (AvgIpc) is 2.44. The summed E-state index contributed by atoms with van der Waals surface area (Å²) < 4.78 is 5.46. The molecule has 8 nitrogen and oxygen atoms in total. The molecule has 22 heavy (non-hydrogen) atoms.